The highest BCUT2D eigenvalue weighted by Crippen LogP contribution is 2.30. The Balaban J connectivity index is 1.80. The molecule has 110 valence electrons. The van der Waals surface area contributed by atoms with Gasteiger partial charge in [-0.2, -0.15) is 0 Å². The smallest absolute Gasteiger partial charge is 0.133 e. The van der Waals surface area contributed by atoms with Crippen LogP contribution in [-0.4, -0.2) is 29.3 Å². The van der Waals surface area contributed by atoms with Crippen molar-refractivity contribution in [3.8, 4) is 0 Å². The van der Waals surface area contributed by atoms with E-state index in [9.17, 15) is 5.11 Å². The summed E-state index contributed by atoms with van der Waals surface area (Å²) in [4.78, 5) is 7.26. The second kappa shape index (κ2) is 5.70. The lowest BCUT2D eigenvalue weighted by atomic mass is 9.92. The van der Waals surface area contributed by atoms with Gasteiger partial charge in [0.15, 0.2) is 0 Å². The fourth-order valence-corrected chi connectivity index (χ4v) is 3.53. The lowest BCUT2D eigenvalue weighted by Crippen LogP contribution is -2.38. The number of anilines is 1. The van der Waals surface area contributed by atoms with E-state index in [1.54, 1.807) is 0 Å². The topological polar surface area (TPSA) is 62.4 Å². The number of fused-ring (bicyclic) bond motifs is 1. The zero-order valence-corrected chi connectivity index (χ0v) is 12.3. The van der Waals surface area contributed by atoms with Crippen molar-refractivity contribution in [1.82, 2.24) is 4.98 Å². The van der Waals surface area contributed by atoms with Crippen LogP contribution in [-0.2, 0) is 19.4 Å². The molecular formula is C16H25N3O. The standard InChI is InChI=1S/C16H25N3O/c1-11(20)12-5-7-19(8-6-12)16-14(10-17)9-13-3-2-4-15(13)18-16/h9,11-12,20H,2-8,10,17H2,1H3. The van der Waals surface area contributed by atoms with Crippen molar-refractivity contribution in [2.24, 2.45) is 11.7 Å². The summed E-state index contributed by atoms with van der Waals surface area (Å²) in [6.45, 7) is 4.42. The Morgan fingerprint density at radius 1 is 1.40 bits per heavy atom. The molecular weight excluding hydrogens is 250 g/mol. The highest BCUT2D eigenvalue weighted by Gasteiger charge is 2.26. The van der Waals surface area contributed by atoms with E-state index in [1.807, 2.05) is 6.92 Å². The first kappa shape index (κ1) is 13.8. The third kappa shape index (κ3) is 2.54. The molecule has 1 atom stereocenters. The molecule has 1 saturated heterocycles. The zero-order valence-electron chi connectivity index (χ0n) is 12.3. The number of nitrogens with two attached hydrogens (primary N) is 1. The molecule has 0 amide bonds. The van der Waals surface area contributed by atoms with Crippen molar-refractivity contribution in [3.05, 3.63) is 22.9 Å². The molecule has 0 aromatic carbocycles. The summed E-state index contributed by atoms with van der Waals surface area (Å²) in [6, 6.07) is 2.27. The highest BCUT2D eigenvalue weighted by atomic mass is 16.3. The number of aliphatic hydroxyl groups excluding tert-OH is 1. The molecule has 1 unspecified atom stereocenters. The summed E-state index contributed by atoms with van der Waals surface area (Å²) >= 11 is 0. The molecule has 1 aromatic heterocycles. The second-order valence-corrected chi connectivity index (χ2v) is 6.20. The molecule has 3 rings (SSSR count). The molecule has 4 nitrogen and oxygen atoms in total. The van der Waals surface area contributed by atoms with Crippen LogP contribution in [0.4, 0.5) is 5.82 Å². The molecule has 1 aliphatic heterocycles. The summed E-state index contributed by atoms with van der Waals surface area (Å²) in [5.74, 6) is 1.53. The Labute approximate surface area is 121 Å². The van der Waals surface area contributed by atoms with Crippen LogP contribution in [0.5, 0.6) is 0 Å². The maximum absolute atomic E-state index is 9.71. The predicted molar refractivity (Wildman–Crippen MR) is 80.8 cm³/mol. The molecule has 0 bridgehead atoms. The third-order valence-electron chi connectivity index (χ3n) is 4.85. The van der Waals surface area contributed by atoms with Crippen LogP contribution < -0.4 is 10.6 Å². The van der Waals surface area contributed by atoms with Crippen LogP contribution in [0.2, 0.25) is 0 Å². The molecule has 2 heterocycles. The Morgan fingerprint density at radius 3 is 2.80 bits per heavy atom. The molecule has 20 heavy (non-hydrogen) atoms. The number of rotatable bonds is 3. The van der Waals surface area contributed by atoms with Gasteiger partial charge >= 0.3 is 0 Å². The van der Waals surface area contributed by atoms with Gasteiger partial charge in [-0.15, -0.1) is 0 Å². The molecule has 2 aliphatic rings. The van der Waals surface area contributed by atoms with E-state index in [1.165, 1.54) is 23.2 Å². The van der Waals surface area contributed by atoms with E-state index < -0.39 is 0 Å². The van der Waals surface area contributed by atoms with Gasteiger partial charge < -0.3 is 15.7 Å². The van der Waals surface area contributed by atoms with Crippen molar-refractivity contribution in [2.45, 2.75) is 51.7 Å². The van der Waals surface area contributed by atoms with Gasteiger partial charge in [0.25, 0.3) is 0 Å². The maximum Gasteiger partial charge on any atom is 0.133 e. The van der Waals surface area contributed by atoms with E-state index in [2.05, 4.69) is 11.0 Å². The Hall–Kier alpha value is -1.13. The van der Waals surface area contributed by atoms with Crippen LogP contribution in [0, 0.1) is 5.92 Å². The van der Waals surface area contributed by atoms with E-state index in [4.69, 9.17) is 10.7 Å². The minimum atomic E-state index is -0.195. The van der Waals surface area contributed by atoms with Gasteiger partial charge in [0, 0.05) is 30.9 Å². The fourth-order valence-electron chi connectivity index (χ4n) is 3.53. The van der Waals surface area contributed by atoms with Crippen molar-refractivity contribution < 1.29 is 5.11 Å². The van der Waals surface area contributed by atoms with E-state index in [0.29, 0.717) is 12.5 Å². The van der Waals surface area contributed by atoms with Crippen molar-refractivity contribution in [2.75, 3.05) is 18.0 Å². The van der Waals surface area contributed by atoms with Gasteiger partial charge in [0.1, 0.15) is 5.82 Å². The van der Waals surface area contributed by atoms with Gasteiger partial charge in [0.05, 0.1) is 6.10 Å². The minimum Gasteiger partial charge on any atom is -0.393 e. The van der Waals surface area contributed by atoms with Crippen LogP contribution >= 0.6 is 0 Å². The molecule has 1 aromatic rings. The average molecular weight is 275 g/mol. The van der Waals surface area contributed by atoms with Gasteiger partial charge in [0.2, 0.25) is 0 Å². The number of nitrogens with zero attached hydrogens (tertiary/aromatic N) is 2. The fraction of sp³-hybridized carbons (Fsp3) is 0.688. The van der Waals surface area contributed by atoms with E-state index >= 15 is 0 Å². The lowest BCUT2D eigenvalue weighted by Gasteiger charge is -2.35. The van der Waals surface area contributed by atoms with Crippen LogP contribution in [0.1, 0.15) is 43.0 Å². The summed E-state index contributed by atoms with van der Waals surface area (Å²) in [5.41, 5.74) is 9.77. The summed E-state index contributed by atoms with van der Waals surface area (Å²) < 4.78 is 0. The number of pyridine rings is 1. The zero-order chi connectivity index (χ0) is 14.1. The number of aromatic nitrogens is 1. The van der Waals surface area contributed by atoms with Gasteiger partial charge in [-0.05, 0) is 56.6 Å². The lowest BCUT2D eigenvalue weighted by molar-refractivity contribution is 0.109. The van der Waals surface area contributed by atoms with Crippen LogP contribution in [0.15, 0.2) is 6.07 Å². The number of hydrogen-bond acceptors (Lipinski definition) is 4. The molecule has 0 radical (unpaired) electrons. The second-order valence-electron chi connectivity index (χ2n) is 6.20. The summed E-state index contributed by atoms with van der Waals surface area (Å²) in [6.07, 6.45) is 5.37. The van der Waals surface area contributed by atoms with Crippen molar-refractivity contribution >= 4 is 5.82 Å². The Morgan fingerprint density at radius 2 is 2.15 bits per heavy atom. The maximum atomic E-state index is 9.71. The Kier molecular flexibility index (Phi) is 3.94. The number of aryl methyl sites for hydroxylation is 2. The molecule has 0 spiro atoms. The predicted octanol–water partition coefficient (Wildman–Crippen LogP) is 1.63. The molecule has 4 heteroatoms. The monoisotopic (exact) mass is 275 g/mol. The Bertz CT molecular complexity index is 479. The van der Waals surface area contributed by atoms with E-state index in [-0.39, 0.29) is 6.10 Å². The summed E-state index contributed by atoms with van der Waals surface area (Å²) in [7, 11) is 0. The first-order chi connectivity index (χ1) is 9.69. The van der Waals surface area contributed by atoms with Crippen LogP contribution in [0.25, 0.3) is 0 Å². The molecule has 3 N–H and O–H groups in total. The first-order valence-corrected chi connectivity index (χ1v) is 7.83. The van der Waals surface area contributed by atoms with E-state index in [0.717, 1.165) is 44.6 Å². The van der Waals surface area contributed by atoms with Crippen LogP contribution in [0.3, 0.4) is 0 Å². The number of aliphatic hydroxyl groups is 1. The summed E-state index contributed by atoms with van der Waals surface area (Å²) in [5, 5.41) is 9.71. The highest BCUT2D eigenvalue weighted by molar-refractivity contribution is 5.51. The van der Waals surface area contributed by atoms with Crippen molar-refractivity contribution in [3.63, 3.8) is 0 Å². The largest absolute Gasteiger partial charge is 0.393 e. The van der Waals surface area contributed by atoms with Gasteiger partial charge in [-0.1, -0.05) is 0 Å². The molecule has 1 aliphatic carbocycles. The average Bonchev–Trinajstić information content (AvgIpc) is 2.93. The minimum absolute atomic E-state index is 0.195. The number of piperidine rings is 1. The van der Waals surface area contributed by atoms with Crippen molar-refractivity contribution in [1.29, 1.82) is 0 Å². The van der Waals surface area contributed by atoms with Gasteiger partial charge in [-0.25, -0.2) is 4.98 Å². The van der Waals surface area contributed by atoms with Gasteiger partial charge in [-0.3, -0.25) is 0 Å². The quantitative estimate of drug-likeness (QED) is 0.880. The molecule has 0 saturated carbocycles. The SMILES string of the molecule is CC(O)C1CCN(c2nc3c(cc2CN)CCC3)CC1. The third-order valence-corrected chi connectivity index (χ3v) is 4.85. The number of hydrogen-bond donors (Lipinski definition) is 2. The first-order valence-electron chi connectivity index (χ1n) is 7.83. The molecule has 1 fully saturated rings. The normalized spacial score (nSPS) is 21.1.